The molecule has 0 aliphatic carbocycles. The van der Waals surface area contributed by atoms with Gasteiger partial charge in [0.25, 0.3) is 0 Å². The lowest BCUT2D eigenvalue weighted by Crippen LogP contribution is -2.43. The number of aliphatic imine (C=N–C) groups is 1. The average molecular weight is 460 g/mol. The number of amides is 1. The SMILES string of the molecule is C=C(C)CNC(=NCc1ccc2c(c1)OCO2)NCC(=O)N(C)C.I. The Hall–Kier alpha value is -1.97. The van der Waals surface area contributed by atoms with Gasteiger partial charge in [-0.1, -0.05) is 18.2 Å². The number of benzene rings is 1. The van der Waals surface area contributed by atoms with Gasteiger partial charge in [0.1, 0.15) is 0 Å². The number of guanidine groups is 1. The predicted octanol–water partition coefficient (Wildman–Crippen LogP) is 1.73. The summed E-state index contributed by atoms with van der Waals surface area (Å²) >= 11 is 0. The molecule has 0 saturated heterocycles. The Kier molecular flexibility index (Phi) is 8.53. The number of rotatable bonds is 6. The van der Waals surface area contributed by atoms with E-state index < -0.39 is 0 Å². The topological polar surface area (TPSA) is 75.2 Å². The number of halogens is 1. The van der Waals surface area contributed by atoms with Crippen LogP contribution in [0.2, 0.25) is 0 Å². The number of fused-ring (bicyclic) bond motifs is 1. The molecule has 25 heavy (non-hydrogen) atoms. The highest BCUT2D eigenvalue weighted by atomic mass is 127. The maximum Gasteiger partial charge on any atom is 0.241 e. The summed E-state index contributed by atoms with van der Waals surface area (Å²) < 4.78 is 10.7. The van der Waals surface area contributed by atoms with Gasteiger partial charge >= 0.3 is 0 Å². The van der Waals surface area contributed by atoms with E-state index in [2.05, 4.69) is 22.2 Å². The van der Waals surface area contributed by atoms with Crippen molar-refractivity contribution in [2.45, 2.75) is 13.5 Å². The van der Waals surface area contributed by atoms with E-state index in [1.54, 1.807) is 14.1 Å². The highest BCUT2D eigenvalue weighted by molar-refractivity contribution is 14.0. The molecule has 0 fully saturated rings. The standard InChI is InChI=1S/C17H24N4O3.HI/c1-12(2)8-18-17(20-10-16(22)21(3)4)19-9-13-5-6-14-15(7-13)24-11-23-14;/h5-7H,1,8-11H2,2-4H3,(H2,18,19,20);1H. The van der Waals surface area contributed by atoms with Crippen LogP contribution in [0.25, 0.3) is 0 Å². The van der Waals surface area contributed by atoms with Crippen LogP contribution in [0.4, 0.5) is 0 Å². The van der Waals surface area contributed by atoms with E-state index >= 15 is 0 Å². The predicted molar refractivity (Wildman–Crippen MR) is 109 cm³/mol. The van der Waals surface area contributed by atoms with Crippen LogP contribution in [0.1, 0.15) is 12.5 Å². The maximum atomic E-state index is 11.7. The van der Waals surface area contributed by atoms with E-state index in [9.17, 15) is 4.79 Å². The van der Waals surface area contributed by atoms with Crippen molar-refractivity contribution in [3.8, 4) is 11.5 Å². The summed E-state index contributed by atoms with van der Waals surface area (Å²) in [5, 5.41) is 6.18. The first-order valence-corrected chi connectivity index (χ1v) is 7.71. The minimum atomic E-state index is -0.0251. The lowest BCUT2D eigenvalue weighted by molar-refractivity contribution is -0.127. The molecule has 0 saturated carbocycles. The molecule has 1 amide bonds. The quantitative estimate of drug-likeness (QED) is 0.293. The first-order chi connectivity index (χ1) is 11.5. The molecule has 0 atom stereocenters. The highest BCUT2D eigenvalue weighted by Gasteiger charge is 2.13. The van der Waals surface area contributed by atoms with E-state index in [0.29, 0.717) is 19.0 Å². The molecule has 1 aromatic carbocycles. The van der Waals surface area contributed by atoms with Gasteiger partial charge in [-0.2, -0.15) is 0 Å². The summed E-state index contributed by atoms with van der Waals surface area (Å²) in [5.74, 6) is 2.02. The van der Waals surface area contributed by atoms with Crippen molar-refractivity contribution in [3.63, 3.8) is 0 Å². The van der Waals surface area contributed by atoms with Crippen molar-refractivity contribution in [2.75, 3.05) is 34.0 Å². The highest BCUT2D eigenvalue weighted by Crippen LogP contribution is 2.32. The molecule has 0 bridgehead atoms. The van der Waals surface area contributed by atoms with Crippen LogP contribution in [0.5, 0.6) is 11.5 Å². The Labute approximate surface area is 165 Å². The van der Waals surface area contributed by atoms with Crippen LogP contribution < -0.4 is 20.1 Å². The van der Waals surface area contributed by atoms with Gasteiger partial charge in [-0.25, -0.2) is 4.99 Å². The lowest BCUT2D eigenvalue weighted by Gasteiger charge is -2.15. The second-order valence-corrected chi connectivity index (χ2v) is 5.80. The van der Waals surface area contributed by atoms with Crippen LogP contribution in [-0.4, -0.2) is 50.7 Å². The molecule has 0 unspecified atom stereocenters. The molecule has 2 N–H and O–H groups in total. The number of hydrogen-bond acceptors (Lipinski definition) is 4. The Morgan fingerprint density at radius 1 is 1.24 bits per heavy atom. The third-order valence-corrected chi connectivity index (χ3v) is 3.32. The molecule has 1 aliphatic rings. The third-order valence-electron chi connectivity index (χ3n) is 3.32. The van der Waals surface area contributed by atoms with Gasteiger partial charge in [-0.3, -0.25) is 4.79 Å². The molecule has 0 spiro atoms. The monoisotopic (exact) mass is 460 g/mol. The molecular weight excluding hydrogens is 435 g/mol. The Morgan fingerprint density at radius 2 is 1.92 bits per heavy atom. The molecule has 2 rings (SSSR count). The molecular formula is C17H25IN4O3. The van der Waals surface area contributed by atoms with Gasteiger partial charge in [0.15, 0.2) is 17.5 Å². The summed E-state index contributed by atoms with van der Waals surface area (Å²) in [6, 6.07) is 5.72. The van der Waals surface area contributed by atoms with Crippen LogP contribution in [0.15, 0.2) is 35.3 Å². The smallest absolute Gasteiger partial charge is 0.241 e. The van der Waals surface area contributed by atoms with E-state index in [0.717, 1.165) is 22.6 Å². The second kappa shape index (κ2) is 10.1. The molecule has 0 radical (unpaired) electrons. The van der Waals surface area contributed by atoms with Crippen LogP contribution in [-0.2, 0) is 11.3 Å². The zero-order valence-corrected chi connectivity index (χ0v) is 17.1. The minimum Gasteiger partial charge on any atom is -0.454 e. The molecule has 1 heterocycles. The van der Waals surface area contributed by atoms with E-state index in [4.69, 9.17) is 9.47 Å². The fraction of sp³-hybridized carbons (Fsp3) is 0.412. The summed E-state index contributed by atoms with van der Waals surface area (Å²) in [4.78, 5) is 17.8. The number of nitrogens with one attached hydrogen (secondary N) is 2. The van der Waals surface area contributed by atoms with Gasteiger partial charge in [0, 0.05) is 20.6 Å². The Bertz CT molecular complexity index is 647. The largest absolute Gasteiger partial charge is 0.454 e. The number of likely N-dealkylation sites (N-methyl/N-ethyl adjacent to an activating group) is 1. The first-order valence-electron chi connectivity index (χ1n) is 7.71. The van der Waals surface area contributed by atoms with Gasteiger partial charge in [0.05, 0.1) is 13.1 Å². The van der Waals surface area contributed by atoms with Gasteiger partial charge < -0.3 is 25.0 Å². The molecule has 8 heteroatoms. The fourth-order valence-corrected chi connectivity index (χ4v) is 1.94. The number of carbonyl (C=O) groups excluding carboxylic acids is 1. The van der Waals surface area contributed by atoms with E-state index in [-0.39, 0.29) is 43.2 Å². The van der Waals surface area contributed by atoms with Crippen molar-refractivity contribution >= 4 is 35.8 Å². The summed E-state index contributed by atoms with van der Waals surface area (Å²) in [7, 11) is 3.43. The van der Waals surface area contributed by atoms with Crippen molar-refractivity contribution in [3.05, 3.63) is 35.9 Å². The van der Waals surface area contributed by atoms with Gasteiger partial charge in [-0.05, 0) is 24.6 Å². The second-order valence-electron chi connectivity index (χ2n) is 5.80. The van der Waals surface area contributed by atoms with Gasteiger partial charge in [0.2, 0.25) is 12.7 Å². The summed E-state index contributed by atoms with van der Waals surface area (Å²) in [5.41, 5.74) is 1.97. The Morgan fingerprint density at radius 3 is 2.60 bits per heavy atom. The van der Waals surface area contributed by atoms with Crippen molar-refractivity contribution in [2.24, 2.45) is 4.99 Å². The minimum absolute atomic E-state index is 0. The van der Waals surface area contributed by atoms with Gasteiger partial charge in [-0.15, -0.1) is 24.0 Å². The summed E-state index contributed by atoms with van der Waals surface area (Å²) in [6.07, 6.45) is 0. The van der Waals surface area contributed by atoms with Crippen molar-refractivity contribution < 1.29 is 14.3 Å². The molecule has 1 aliphatic heterocycles. The van der Waals surface area contributed by atoms with Crippen molar-refractivity contribution in [1.29, 1.82) is 0 Å². The number of nitrogens with zero attached hydrogens (tertiary/aromatic N) is 2. The molecule has 1 aromatic rings. The number of hydrogen-bond donors (Lipinski definition) is 2. The molecule has 0 aromatic heterocycles. The molecule has 138 valence electrons. The lowest BCUT2D eigenvalue weighted by atomic mass is 10.2. The maximum absolute atomic E-state index is 11.7. The van der Waals surface area contributed by atoms with E-state index in [1.807, 2.05) is 25.1 Å². The normalized spacial score (nSPS) is 12.2. The zero-order chi connectivity index (χ0) is 17.5. The number of carbonyl (C=O) groups is 1. The van der Waals surface area contributed by atoms with Crippen LogP contribution >= 0.6 is 24.0 Å². The molecule has 7 nitrogen and oxygen atoms in total. The fourth-order valence-electron chi connectivity index (χ4n) is 1.94. The average Bonchev–Trinajstić information content (AvgIpc) is 3.01. The van der Waals surface area contributed by atoms with Crippen molar-refractivity contribution in [1.82, 2.24) is 15.5 Å². The Balaban J connectivity index is 0.00000312. The number of ether oxygens (including phenoxy) is 2. The zero-order valence-electron chi connectivity index (χ0n) is 14.8. The van der Waals surface area contributed by atoms with Crippen LogP contribution in [0, 0.1) is 0 Å². The summed E-state index contributed by atoms with van der Waals surface area (Å²) in [6.45, 7) is 7.25. The van der Waals surface area contributed by atoms with Crippen LogP contribution in [0.3, 0.4) is 0 Å². The van der Waals surface area contributed by atoms with E-state index in [1.165, 1.54) is 4.90 Å². The first kappa shape index (κ1) is 21.1. The third kappa shape index (κ3) is 6.81.